The summed E-state index contributed by atoms with van der Waals surface area (Å²) in [5, 5.41) is 14.5. The van der Waals surface area contributed by atoms with Crippen molar-refractivity contribution >= 4 is 29.1 Å². The Kier molecular flexibility index (Phi) is 5.61. The van der Waals surface area contributed by atoms with Crippen molar-refractivity contribution < 1.29 is 9.59 Å². The number of halogens is 1. The second-order valence-corrected chi connectivity index (χ2v) is 7.44. The molecule has 3 rings (SSSR count). The van der Waals surface area contributed by atoms with Crippen molar-refractivity contribution in [1.82, 2.24) is 10.6 Å². The Bertz CT molecular complexity index is 757. The van der Waals surface area contributed by atoms with Gasteiger partial charge in [-0.15, -0.1) is 0 Å². The van der Waals surface area contributed by atoms with Crippen LogP contribution < -0.4 is 16.4 Å². The molecule has 6 nitrogen and oxygen atoms in total. The number of nitrogens with two attached hydrogens (primary N) is 1. The smallest absolute Gasteiger partial charge is 0.269 e. The third-order valence-corrected chi connectivity index (χ3v) is 5.24. The molecule has 7 heteroatoms. The second-order valence-electron chi connectivity index (χ2n) is 7.00. The van der Waals surface area contributed by atoms with Gasteiger partial charge in [0.05, 0.1) is 0 Å². The summed E-state index contributed by atoms with van der Waals surface area (Å²) >= 11 is 5.84. The summed E-state index contributed by atoms with van der Waals surface area (Å²) in [5.41, 5.74) is 8.19. The number of carbonyl (C=O) groups is 2. The third kappa shape index (κ3) is 4.43. The van der Waals surface area contributed by atoms with Gasteiger partial charge in [-0.05, 0) is 49.3 Å². The molecule has 0 spiro atoms. The topological polar surface area (TPSA) is 108 Å². The summed E-state index contributed by atoms with van der Waals surface area (Å²) in [5.74, 6) is -0.0472. The number of rotatable bonds is 6. The molecule has 1 aromatic rings. The van der Waals surface area contributed by atoms with Crippen LogP contribution in [-0.4, -0.2) is 23.6 Å². The van der Waals surface area contributed by atoms with E-state index in [4.69, 9.17) is 22.7 Å². The SMILES string of the molecule is N=C(C(=O)NCc1ccc(Cl)cc1)C1=C(N)CC(C[C@H]2CCC(=O)N2)C1. The molecule has 1 saturated heterocycles. The number of allylic oxidation sites excluding steroid dienone is 1. The minimum Gasteiger partial charge on any atom is -0.402 e. The first-order valence-electron chi connectivity index (χ1n) is 8.80. The Morgan fingerprint density at radius 3 is 2.69 bits per heavy atom. The number of hydrogen-bond donors (Lipinski definition) is 4. The number of benzene rings is 1. The lowest BCUT2D eigenvalue weighted by molar-refractivity contribution is -0.119. The summed E-state index contributed by atoms with van der Waals surface area (Å²) in [4.78, 5) is 23.6. The molecule has 0 radical (unpaired) electrons. The van der Waals surface area contributed by atoms with Crippen molar-refractivity contribution in [3.8, 4) is 0 Å². The van der Waals surface area contributed by atoms with Crippen molar-refractivity contribution in [3.05, 3.63) is 46.1 Å². The highest BCUT2D eigenvalue weighted by Gasteiger charge is 2.31. The van der Waals surface area contributed by atoms with Gasteiger partial charge in [0, 0.05) is 35.3 Å². The molecule has 1 fully saturated rings. The maximum absolute atomic E-state index is 12.3. The van der Waals surface area contributed by atoms with Gasteiger partial charge in [-0.2, -0.15) is 0 Å². The zero-order valence-electron chi connectivity index (χ0n) is 14.5. The van der Waals surface area contributed by atoms with Crippen molar-refractivity contribution in [2.45, 2.75) is 44.7 Å². The first-order valence-corrected chi connectivity index (χ1v) is 9.18. The Labute approximate surface area is 157 Å². The van der Waals surface area contributed by atoms with Gasteiger partial charge >= 0.3 is 0 Å². The van der Waals surface area contributed by atoms with E-state index in [-0.39, 0.29) is 23.6 Å². The summed E-state index contributed by atoms with van der Waals surface area (Å²) < 4.78 is 0. The summed E-state index contributed by atoms with van der Waals surface area (Å²) in [6.07, 6.45) is 3.56. The summed E-state index contributed by atoms with van der Waals surface area (Å²) in [6, 6.07) is 7.38. The van der Waals surface area contributed by atoms with Gasteiger partial charge in [-0.25, -0.2) is 0 Å². The molecule has 138 valence electrons. The summed E-state index contributed by atoms with van der Waals surface area (Å²) in [7, 11) is 0. The normalized spacial score (nSPS) is 22.4. The lowest BCUT2D eigenvalue weighted by atomic mass is 9.94. The van der Waals surface area contributed by atoms with Crippen LogP contribution in [0.4, 0.5) is 0 Å². The van der Waals surface area contributed by atoms with Crippen LogP contribution in [0.15, 0.2) is 35.5 Å². The number of hydrogen-bond acceptors (Lipinski definition) is 4. The van der Waals surface area contributed by atoms with Gasteiger partial charge in [-0.3, -0.25) is 15.0 Å². The van der Waals surface area contributed by atoms with Crippen LogP contribution in [0.25, 0.3) is 0 Å². The minimum absolute atomic E-state index is 0.0607. The van der Waals surface area contributed by atoms with Crippen molar-refractivity contribution in [2.24, 2.45) is 11.7 Å². The average Bonchev–Trinajstić information content (AvgIpc) is 3.19. The fourth-order valence-corrected chi connectivity index (χ4v) is 3.75. The Morgan fingerprint density at radius 2 is 2.04 bits per heavy atom. The highest BCUT2D eigenvalue weighted by Crippen LogP contribution is 2.33. The molecule has 0 saturated carbocycles. The third-order valence-electron chi connectivity index (χ3n) is 4.99. The van der Waals surface area contributed by atoms with E-state index in [1.54, 1.807) is 12.1 Å². The zero-order valence-corrected chi connectivity index (χ0v) is 15.2. The molecule has 1 aromatic carbocycles. The van der Waals surface area contributed by atoms with Gasteiger partial charge in [0.15, 0.2) is 0 Å². The fraction of sp³-hybridized carbons (Fsp3) is 0.421. The predicted molar refractivity (Wildman–Crippen MR) is 101 cm³/mol. The number of nitrogens with one attached hydrogen (secondary N) is 3. The van der Waals surface area contributed by atoms with E-state index in [0.717, 1.165) is 18.4 Å². The number of amides is 2. The van der Waals surface area contributed by atoms with E-state index in [2.05, 4.69) is 10.6 Å². The van der Waals surface area contributed by atoms with E-state index < -0.39 is 5.91 Å². The maximum atomic E-state index is 12.3. The van der Waals surface area contributed by atoms with Gasteiger partial charge in [0.1, 0.15) is 5.71 Å². The van der Waals surface area contributed by atoms with E-state index in [1.807, 2.05) is 12.1 Å². The Hall–Kier alpha value is -2.34. The quantitative estimate of drug-likeness (QED) is 0.573. The van der Waals surface area contributed by atoms with E-state index in [1.165, 1.54) is 0 Å². The average molecular weight is 375 g/mol. The van der Waals surface area contributed by atoms with Crippen LogP contribution in [0.5, 0.6) is 0 Å². The van der Waals surface area contributed by atoms with Gasteiger partial charge in [0.25, 0.3) is 5.91 Å². The minimum atomic E-state index is -0.423. The predicted octanol–water partition coefficient (Wildman–Crippen LogP) is 2.27. The van der Waals surface area contributed by atoms with Crippen LogP contribution in [0, 0.1) is 11.3 Å². The van der Waals surface area contributed by atoms with Gasteiger partial charge < -0.3 is 16.4 Å². The van der Waals surface area contributed by atoms with Gasteiger partial charge in [0.2, 0.25) is 5.91 Å². The van der Waals surface area contributed by atoms with Crippen LogP contribution in [0.2, 0.25) is 5.02 Å². The first-order chi connectivity index (χ1) is 12.4. The Morgan fingerprint density at radius 1 is 1.31 bits per heavy atom. The molecule has 2 atom stereocenters. The first kappa shape index (κ1) is 18.5. The monoisotopic (exact) mass is 374 g/mol. The van der Waals surface area contributed by atoms with E-state index in [9.17, 15) is 9.59 Å². The van der Waals surface area contributed by atoms with Crippen LogP contribution >= 0.6 is 11.6 Å². The van der Waals surface area contributed by atoms with E-state index in [0.29, 0.717) is 42.1 Å². The molecular weight excluding hydrogens is 352 g/mol. The summed E-state index contributed by atoms with van der Waals surface area (Å²) in [6.45, 7) is 0.336. The standard InChI is InChI=1S/C19H23ClN4O2/c20-13-3-1-11(2-4-13)10-23-19(26)18(22)15-8-12(9-16(15)21)7-14-5-6-17(25)24-14/h1-4,12,14,22H,5-10,21H2,(H,23,26)(H,24,25)/t12?,14-/m1/s1. The maximum Gasteiger partial charge on any atom is 0.269 e. The molecule has 5 N–H and O–H groups in total. The molecule has 0 bridgehead atoms. The molecule has 1 aliphatic heterocycles. The molecule has 1 aliphatic carbocycles. The molecule has 0 aromatic heterocycles. The fourth-order valence-electron chi connectivity index (χ4n) is 3.62. The molecule has 26 heavy (non-hydrogen) atoms. The zero-order chi connectivity index (χ0) is 18.7. The van der Waals surface area contributed by atoms with E-state index >= 15 is 0 Å². The largest absolute Gasteiger partial charge is 0.402 e. The van der Waals surface area contributed by atoms with Crippen LogP contribution in [0.3, 0.4) is 0 Å². The Balaban J connectivity index is 1.51. The van der Waals surface area contributed by atoms with Crippen LogP contribution in [-0.2, 0) is 16.1 Å². The molecular formula is C19H23ClN4O2. The molecule has 2 aliphatic rings. The molecule has 1 heterocycles. The van der Waals surface area contributed by atoms with Crippen LogP contribution in [0.1, 0.15) is 37.7 Å². The van der Waals surface area contributed by atoms with Crippen molar-refractivity contribution in [1.29, 1.82) is 5.41 Å². The highest BCUT2D eigenvalue weighted by atomic mass is 35.5. The lowest BCUT2D eigenvalue weighted by Gasteiger charge is -2.16. The van der Waals surface area contributed by atoms with Gasteiger partial charge in [-0.1, -0.05) is 23.7 Å². The highest BCUT2D eigenvalue weighted by molar-refractivity contribution is 6.44. The van der Waals surface area contributed by atoms with Crippen molar-refractivity contribution in [3.63, 3.8) is 0 Å². The number of carbonyl (C=O) groups excluding carboxylic acids is 2. The lowest BCUT2D eigenvalue weighted by Crippen LogP contribution is -2.31. The second kappa shape index (κ2) is 7.91. The van der Waals surface area contributed by atoms with Crippen molar-refractivity contribution in [2.75, 3.05) is 0 Å². The molecule has 2 amide bonds. The molecule has 1 unspecified atom stereocenters.